The van der Waals surface area contributed by atoms with E-state index in [1.54, 1.807) is 0 Å². The Labute approximate surface area is 136 Å². The van der Waals surface area contributed by atoms with Gasteiger partial charge in [0.05, 0.1) is 6.20 Å². The van der Waals surface area contributed by atoms with Crippen LogP contribution in [0.3, 0.4) is 0 Å². The van der Waals surface area contributed by atoms with E-state index >= 15 is 0 Å². The molecule has 3 aromatic rings. The van der Waals surface area contributed by atoms with E-state index in [-0.39, 0.29) is 0 Å². The van der Waals surface area contributed by atoms with Gasteiger partial charge in [0.2, 0.25) is 0 Å². The van der Waals surface area contributed by atoms with E-state index in [9.17, 15) is 0 Å². The number of fused-ring (bicyclic) bond motifs is 1. The van der Waals surface area contributed by atoms with E-state index in [2.05, 4.69) is 37.4 Å². The van der Waals surface area contributed by atoms with Gasteiger partial charge in [-0.05, 0) is 35.3 Å². The molecule has 0 amide bonds. The Morgan fingerprint density at radius 3 is 2.18 bits per heavy atom. The second kappa shape index (κ2) is 7.10. The Morgan fingerprint density at radius 1 is 0.909 bits per heavy atom. The summed E-state index contributed by atoms with van der Waals surface area (Å²) < 4.78 is 37.1. The molecule has 0 atom stereocenters. The number of hydrogen-bond donors (Lipinski definition) is 0. The summed E-state index contributed by atoms with van der Waals surface area (Å²) in [5, 5.41) is 0. The van der Waals surface area contributed by atoms with Gasteiger partial charge in [-0.25, -0.2) is 18.6 Å². The second-order valence-electron chi connectivity index (χ2n) is 4.14. The highest BCUT2D eigenvalue weighted by Crippen LogP contribution is 2.18. The fraction of sp³-hybridized carbons (Fsp3) is 0. The lowest BCUT2D eigenvalue weighted by Gasteiger charge is -2.17. The van der Waals surface area contributed by atoms with Gasteiger partial charge in [-0.3, -0.25) is 0 Å². The van der Waals surface area contributed by atoms with E-state index in [1.165, 1.54) is 5.56 Å². The Hall–Kier alpha value is -1.61. The molecule has 0 aliphatic rings. The Kier molecular flexibility index (Phi) is 5.41. The van der Waals surface area contributed by atoms with Gasteiger partial charge in [0.25, 0.3) is 0 Å². The highest BCUT2D eigenvalue weighted by molar-refractivity contribution is 9.10. The lowest BCUT2D eigenvalue weighted by atomic mass is 10.1. The van der Waals surface area contributed by atoms with Crippen LogP contribution in [0.1, 0.15) is 0 Å². The zero-order valence-electron chi connectivity index (χ0n) is 11.1. The first-order valence-electron chi connectivity index (χ1n) is 5.98. The van der Waals surface area contributed by atoms with Gasteiger partial charge in [-0.1, -0.05) is 22.0 Å². The molecule has 6 nitrogen and oxygen atoms in total. The number of aromatic nitrogens is 2. The largest absolute Gasteiger partial charge is 0.327 e. The van der Waals surface area contributed by atoms with Crippen molar-refractivity contribution in [3.05, 3.63) is 65.4 Å². The average Bonchev–Trinajstić information content (AvgIpc) is 2.46. The van der Waals surface area contributed by atoms with Crippen LogP contribution in [-0.2, 0) is 0 Å². The summed E-state index contributed by atoms with van der Waals surface area (Å²) in [7, 11) is -4.94. The van der Waals surface area contributed by atoms with Crippen LogP contribution in [0.2, 0.25) is 0 Å². The molecule has 1 aromatic carbocycles. The maximum absolute atomic E-state index is 8.49. The third-order valence-corrected chi connectivity index (χ3v) is 3.21. The predicted molar refractivity (Wildman–Crippen MR) is 70.5 cm³/mol. The van der Waals surface area contributed by atoms with E-state index in [0.717, 1.165) is 15.8 Å². The molecule has 0 saturated heterocycles. The number of hydrogen-bond acceptors (Lipinski definition) is 5. The molecule has 22 heavy (non-hydrogen) atoms. The first kappa shape index (κ1) is 16.8. The smallest absolute Gasteiger partial charge is 0.222 e. The Bertz CT molecular complexity index is 751. The number of pyridine rings is 1. The number of nitrogens with zero attached hydrogens (tertiary/aromatic N) is 2. The lowest BCUT2D eigenvalue weighted by molar-refractivity contribution is -2.00. The van der Waals surface area contributed by atoms with Gasteiger partial charge in [-0.2, -0.15) is 4.40 Å². The summed E-state index contributed by atoms with van der Waals surface area (Å²) in [6.07, 6.45) is 3.87. The first-order valence-corrected chi connectivity index (χ1v) is 8.00. The van der Waals surface area contributed by atoms with Crippen molar-refractivity contribution in [2.45, 2.75) is 0 Å². The highest BCUT2D eigenvalue weighted by atomic mass is 79.9. The van der Waals surface area contributed by atoms with Crippen LogP contribution in [0.25, 0.3) is 16.9 Å². The molecular weight excluding hydrogens is 376 g/mol. The van der Waals surface area contributed by atoms with Crippen molar-refractivity contribution in [2.75, 3.05) is 0 Å². The van der Waals surface area contributed by atoms with Crippen LogP contribution < -0.4 is 23.0 Å². The summed E-state index contributed by atoms with van der Waals surface area (Å²) in [5.41, 5.74) is 3.27. The summed E-state index contributed by atoms with van der Waals surface area (Å²) in [5.74, 6) is 0. The van der Waals surface area contributed by atoms with Gasteiger partial charge in [-0.15, -0.1) is 10.2 Å². The maximum Gasteiger partial charge on any atom is 0.327 e. The fourth-order valence-electron chi connectivity index (χ4n) is 1.86. The van der Waals surface area contributed by atoms with Gasteiger partial charge in [0.1, 0.15) is 11.9 Å². The van der Waals surface area contributed by atoms with E-state index in [4.69, 9.17) is 18.6 Å². The Balaban J connectivity index is 0.000000309. The molecule has 0 saturated carbocycles. The van der Waals surface area contributed by atoms with Crippen LogP contribution in [0.15, 0.2) is 65.4 Å². The topological polar surface area (TPSA) is 109 Å². The summed E-state index contributed by atoms with van der Waals surface area (Å²) >= 11 is 3.45. The van der Waals surface area contributed by atoms with Crippen molar-refractivity contribution in [1.82, 2.24) is 4.98 Å². The minimum Gasteiger partial charge on any atom is -0.222 e. The summed E-state index contributed by atoms with van der Waals surface area (Å²) in [6.45, 7) is 0. The lowest BCUT2D eigenvalue weighted by Crippen LogP contribution is -2.68. The molecule has 0 aliphatic carbocycles. The van der Waals surface area contributed by atoms with Crippen LogP contribution >= 0.6 is 15.9 Å². The van der Waals surface area contributed by atoms with Crippen molar-refractivity contribution < 1.29 is 33.3 Å². The SMILES string of the molecule is Brc1ccc(-c2ccnc3cccc[n+]23)cc1.[O-][Cl+3]([O-])([O-])[O-]. The van der Waals surface area contributed by atoms with Crippen LogP contribution in [0.4, 0.5) is 0 Å². The molecule has 2 aromatic heterocycles. The molecule has 0 unspecified atom stereocenters. The molecule has 0 fully saturated rings. The van der Waals surface area contributed by atoms with Crippen LogP contribution in [0, 0.1) is 10.2 Å². The molecule has 0 bridgehead atoms. The molecule has 0 N–H and O–H groups in total. The Morgan fingerprint density at radius 2 is 1.55 bits per heavy atom. The van der Waals surface area contributed by atoms with Gasteiger partial charge in [0.15, 0.2) is 0 Å². The third-order valence-electron chi connectivity index (χ3n) is 2.68. The molecular formula is C14H10BrClN2O4. The first-order chi connectivity index (χ1) is 10.3. The fourth-order valence-corrected chi connectivity index (χ4v) is 2.13. The monoisotopic (exact) mass is 384 g/mol. The van der Waals surface area contributed by atoms with Gasteiger partial charge in [0, 0.05) is 22.2 Å². The molecule has 114 valence electrons. The van der Waals surface area contributed by atoms with Gasteiger partial charge >= 0.3 is 5.65 Å². The normalized spacial score (nSPS) is 11.0. The van der Waals surface area contributed by atoms with Crippen molar-refractivity contribution >= 4 is 21.6 Å². The van der Waals surface area contributed by atoms with Crippen LogP contribution in [0.5, 0.6) is 0 Å². The molecule has 0 aliphatic heterocycles. The van der Waals surface area contributed by atoms with E-state index in [1.807, 2.05) is 48.8 Å². The number of benzene rings is 1. The standard InChI is InChI=1S/C14H10BrN2.ClHO4/c15-12-6-4-11(5-7-12)13-8-9-16-14-3-1-2-10-17(13)14;2-1(3,4)5/h1-10H;(H,2,3,4,5)/q+1;/p-1. The average molecular weight is 386 g/mol. The number of rotatable bonds is 1. The van der Waals surface area contributed by atoms with Gasteiger partial charge < -0.3 is 0 Å². The van der Waals surface area contributed by atoms with Crippen LogP contribution in [-0.4, -0.2) is 4.98 Å². The predicted octanol–water partition coefficient (Wildman–Crippen LogP) is -1.51. The second-order valence-corrected chi connectivity index (χ2v) is 5.82. The molecule has 8 heteroatoms. The molecule has 2 heterocycles. The zero-order valence-corrected chi connectivity index (χ0v) is 13.4. The molecule has 0 radical (unpaired) electrons. The van der Waals surface area contributed by atoms with E-state index in [0.29, 0.717) is 0 Å². The zero-order chi connectivity index (χ0) is 16.2. The molecule has 3 rings (SSSR count). The summed E-state index contributed by atoms with van der Waals surface area (Å²) in [4.78, 5) is 4.34. The number of halogens is 2. The molecule has 0 spiro atoms. The van der Waals surface area contributed by atoms with Crippen molar-refractivity contribution in [3.8, 4) is 11.3 Å². The summed E-state index contributed by atoms with van der Waals surface area (Å²) in [6, 6.07) is 16.3. The maximum atomic E-state index is 8.49. The highest BCUT2D eigenvalue weighted by Gasteiger charge is 2.09. The quantitative estimate of drug-likeness (QED) is 0.473. The third kappa shape index (κ3) is 4.99. The van der Waals surface area contributed by atoms with Crippen molar-refractivity contribution in [3.63, 3.8) is 0 Å². The minimum absolute atomic E-state index is 0.952. The minimum atomic E-state index is -4.94. The van der Waals surface area contributed by atoms with E-state index < -0.39 is 10.2 Å². The van der Waals surface area contributed by atoms with Crippen molar-refractivity contribution in [2.24, 2.45) is 0 Å². The van der Waals surface area contributed by atoms with Crippen molar-refractivity contribution in [1.29, 1.82) is 0 Å².